The summed E-state index contributed by atoms with van der Waals surface area (Å²) in [5.74, 6) is -0.391. The Morgan fingerprint density at radius 1 is 0.828 bits per heavy atom. The Morgan fingerprint density at radius 3 is 2.03 bits per heavy atom. The van der Waals surface area contributed by atoms with Gasteiger partial charge in [-0.05, 0) is 67.1 Å². The zero-order chi connectivity index (χ0) is 21.2. The van der Waals surface area contributed by atoms with E-state index in [1.54, 1.807) is 18.2 Å². The van der Waals surface area contributed by atoms with Crippen molar-refractivity contribution in [1.29, 1.82) is 0 Å². The molecule has 29 heavy (non-hydrogen) atoms. The van der Waals surface area contributed by atoms with Crippen LogP contribution in [0, 0.1) is 6.92 Å². The first-order valence-corrected chi connectivity index (χ1v) is 10.9. The highest BCUT2D eigenvalue weighted by molar-refractivity contribution is 7.92. The maximum Gasteiger partial charge on any atom is 0.261 e. The Labute approximate surface area is 183 Å². The molecule has 9 heteroatoms. The van der Waals surface area contributed by atoms with Gasteiger partial charge in [0.15, 0.2) is 0 Å². The highest BCUT2D eigenvalue weighted by Gasteiger charge is 2.16. The van der Waals surface area contributed by atoms with Crippen molar-refractivity contribution in [3.05, 3.63) is 86.9 Å². The van der Waals surface area contributed by atoms with Crippen LogP contribution in [0.2, 0.25) is 15.1 Å². The molecule has 0 bridgehead atoms. The molecule has 0 heterocycles. The molecular weight excluding hydrogens is 455 g/mol. The molecule has 0 fully saturated rings. The number of halogens is 3. The zero-order valence-corrected chi connectivity index (χ0v) is 18.1. The van der Waals surface area contributed by atoms with Gasteiger partial charge in [-0.15, -0.1) is 0 Å². The van der Waals surface area contributed by atoms with Crippen molar-refractivity contribution in [2.75, 3.05) is 10.0 Å². The van der Waals surface area contributed by atoms with E-state index in [-0.39, 0.29) is 10.6 Å². The van der Waals surface area contributed by atoms with Crippen LogP contribution < -0.4 is 10.0 Å². The lowest BCUT2D eigenvalue weighted by molar-refractivity contribution is 0.102. The van der Waals surface area contributed by atoms with Gasteiger partial charge in [0.25, 0.3) is 15.9 Å². The van der Waals surface area contributed by atoms with E-state index in [4.69, 9.17) is 34.8 Å². The van der Waals surface area contributed by atoms with Crippen LogP contribution in [0.5, 0.6) is 0 Å². The second-order valence-electron chi connectivity index (χ2n) is 6.23. The fourth-order valence-electron chi connectivity index (χ4n) is 2.55. The monoisotopic (exact) mass is 468 g/mol. The summed E-state index contributed by atoms with van der Waals surface area (Å²) in [6.45, 7) is 1.87. The third-order valence-electron chi connectivity index (χ3n) is 3.91. The quantitative estimate of drug-likeness (QED) is 0.480. The number of carbonyl (C=O) groups excluding carboxylic acids is 1. The van der Waals surface area contributed by atoms with Gasteiger partial charge in [-0.1, -0.05) is 40.9 Å². The first kappa shape index (κ1) is 21.5. The van der Waals surface area contributed by atoms with Crippen LogP contribution in [-0.4, -0.2) is 14.3 Å². The molecule has 0 aliphatic rings. The predicted molar refractivity (Wildman–Crippen MR) is 118 cm³/mol. The third kappa shape index (κ3) is 5.42. The molecule has 3 aromatic rings. The summed E-state index contributed by atoms with van der Waals surface area (Å²) in [6, 6.07) is 15.2. The normalized spacial score (nSPS) is 11.2. The van der Waals surface area contributed by atoms with Crippen molar-refractivity contribution in [2.24, 2.45) is 0 Å². The number of hydrogen-bond acceptors (Lipinski definition) is 3. The van der Waals surface area contributed by atoms with Crippen molar-refractivity contribution in [3.8, 4) is 0 Å². The number of rotatable bonds is 5. The molecule has 5 nitrogen and oxygen atoms in total. The standard InChI is InChI=1S/C20H15Cl3N2O3S/c1-12-2-7-18(19(23)8-12)20(26)24-15-3-5-17(6-4-15)29(27,28)25-16-10-13(21)9-14(22)11-16/h2-11,25H,1H3,(H,24,26). The van der Waals surface area contributed by atoms with Crippen molar-refractivity contribution in [2.45, 2.75) is 11.8 Å². The van der Waals surface area contributed by atoms with E-state index in [1.165, 1.54) is 42.5 Å². The second-order valence-corrected chi connectivity index (χ2v) is 9.19. The molecule has 1 amide bonds. The highest BCUT2D eigenvalue weighted by atomic mass is 35.5. The number of nitrogens with one attached hydrogen (secondary N) is 2. The molecule has 3 aromatic carbocycles. The highest BCUT2D eigenvalue weighted by Crippen LogP contribution is 2.25. The fourth-order valence-corrected chi connectivity index (χ4v) is 4.43. The van der Waals surface area contributed by atoms with E-state index in [1.807, 2.05) is 6.92 Å². The summed E-state index contributed by atoms with van der Waals surface area (Å²) in [4.78, 5) is 12.4. The van der Waals surface area contributed by atoms with Crippen molar-refractivity contribution in [3.63, 3.8) is 0 Å². The van der Waals surface area contributed by atoms with Crippen LogP contribution in [-0.2, 0) is 10.0 Å². The minimum Gasteiger partial charge on any atom is -0.322 e. The Balaban J connectivity index is 1.76. The summed E-state index contributed by atoms with van der Waals surface area (Å²) in [5, 5.41) is 3.64. The Kier molecular flexibility index (Phi) is 6.39. The van der Waals surface area contributed by atoms with E-state index in [0.29, 0.717) is 26.3 Å². The van der Waals surface area contributed by atoms with Gasteiger partial charge < -0.3 is 5.32 Å². The van der Waals surface area contributed by atoms with Gasteiger partial charge in [0.05, 0.1) is 21.2 Å². The van der Waals surface area contributed by atoms with Crippen LogP contribution in [0.4, 0.5) is 11.4 Å². The third-order valence-corrected chi connectivity index (χ3v) is 6.05. The van der Waals surface area contributed by atoms with Crippen molar-refractivity contribution < 1.29 is 13.2 Å². The zero-order valence-electron chi connectivity index (χ0n) is 15.0. The second kappa shape index (κ2) is 8.63. The Hall–Kier alpha value is -2.25. The maximum absolute atomic E-state index is 12.6. The van der Waals surface area contributed by atoms with E-state index in [9.17, 15) is 13.2 Å². The Bertz CT molecular complexity index is 1160. The van der Waals surface area contributed by atoms with Crippen LogP contribution in [0.3, 0.4) is 0 Å². The molecule has 0 aromatic heterocycles. The number of hydrogen-bond donors (Lipinski definition) is 2. The summed E-state index contributed by atoms with van der Waals surface area (Å²) in [7, 11) is -3.86. The molecule has 150 valence electrons. The average molecular weight is 470 g/mol. The lowest BCUT2D eigenvalue weighted by atomic mass is 10.1. The molecule has 0 aliphatic heterocycles. The molecule has 0 saturated carbocycles. The largest absolute Gasteiger partial charge is 0.322 e. The lowest BCUT2D eigenvalue weighted by Gasteiger charge is -2.11. The van der Waals surface area contributed by atoms with Crippen LogP contribution in [0.1, 0.15) is 15.9 Å². The van der Waals surface area contributed by atoms with Gasteiger partial charge >= 0.3 is 0 Å². The minimum atomic E-state index is -3.86. The smallest absolute Gasteiger partial charge is 0.261 e. The van der Waals surface area contributed by atoms with Crippen molar-refractivity contribution in [1.82, 2.24) is 0 Å². The fraction of sp³-hybridized carbons (Fsp3) is 0.0500. The Morgan fingerprint density at radius 2 is 1.45 bits per heavy atom. The molecule has 2 N–H and O–H groups in total. The first-order chi connectivity index (χ1) is 13.6. The summed E-state index contributed by atoms with van der Waals surface area (Å²) in [5.41, 5.74) is 1.94. The van der Waals surface area contributed by atoms with Crippen LogP contribution in [0.15, 0.2) is 65.6 Å². The van der Waals surface area contributed by atoms with Crippen molar-refractivity contribution >= 4 is 62.1 Å². The van der Waals surface area contributed by atoms with E-state index in [0.717, 1.165) is 5.56 Å². The molecule has 0 saturated heterocycles. The predicted octanol–water partition coefficient (Wildman–Crippen LogP) is 6.01. The molecule has 3 rings (SSSR count). The number of sulfonamides is 1. The molecule has 0 radical (unpaired) electrons. The van der Waals surface area contributed by atoms with E-state index in [2.05, 4.69) is 10.0 Å². The molecule has 0 atom stereocenters. The number of benzene rings is 3. The SMILES string of the molecule is Cc1ccc(C(=O)Nc2ccc(S(=O)(=O)Nc3cc(Cl)cc(Cl)c3)cc2)c(Cl)c1. The van der Waals surface area contributed by atoms with Crippen LogP contribution in [0.25, 0.3) is 0 Å². The van der Waals surface area contributed by atoms with Crippen LogP contribution >= 0.6 is 34.8 Å². The van der Waals surface area contributed by atoms with Gasteiger partial charge in [-0.25, -0.2) is 8.42 Å². The number of amides is 1. The lowest BCUT2D eigenvalue weighted by Crippen LogP contribution is -2.14. The van der Waals surface area contributed by atoms with E-state index >= 15 is 0 Å². The number of anilines is 2. The van der Waals surface area contributed by atoms with Gasteiger partial charge in [0.2, 0.25) is 0 Å². The van der Waals surface area contributed by atoms with Gasteiger partial charge in [-0.2, -0.15) is 0 Å². The molecule has 0 spiro atoms. The maximum atomic E-state index is 12.6. The van der Waals surface area contributed by atoms with Gasteiger partial charge in [-0.3, -0.25) is 9.52 Å². The summed E-state index contributed by atoms with van der Waals surface area (Å²) < 4.78 is 27.5. The minimum absolute atomic E-state index is 0.0139. The molecule has 0 unspecified atom stereocenters. The number of carbonyl (C=O) groups is 1. The van der Waals surface area contributed by atoms with Gasteiger partial charge in [0, 0.05) is 15.7 Å². The van der Waals surface area contributed by atoms with Gasteiger partial charge in [0.1, 0.15) is 0 Å². The summed E-state index contributed by atoms with van der Waals surface area (Å²) >= 11 is 17.9. The topological polar surface area (TPSA) is 75.3 Å². The molecular formula is C20H15Cl3N2O3S. The average Bonchev–Trinajstić information content (AvgIpc) is 2.60. The van der Waals surface area contributed by atoms with E-state index < -0.39 is 15.9 Å². The number of aryl methyl sites for hydroxylation is 1. The molecule has 0 aliphatic carbocycles. The summed E-state index contributed by atoms with van der Waals surface area (Å²) in [6.07, 6.45) is 0. The first-order valence-electron chi connectivity index (χ1n) is 8.30.